The lowest BCUT2D eigenvalue weighted by atomic mass is 9.99. The average Bonchev–Trinajstić information content (AvgIpc) is 2.25. The first kappa shape index (κ1) is 16.0. The van der Waals surface area contributed by atoms with Crippen molar-refractivity contribution in [3.05, 3.63) is 11.6 Å². The van der Waals surface area contributed by atoms with Crippen LogP contribution in [0.5, 0.6) is 0 Å². The Morgan fingerprint density at radius 1 is 1.53 bits per heavy atom. The van der Waals surface area contributed by atoms with E-state index in [2.05, 4.69) is 11.0 Å². The third kappa shape index (κ3) is 4.21. The summed E-state index contributed by atoms with van der Waals surface area (Å²) in [6, 6.07) is -0.138. The number of carbonyl (C=O) groups is 1. The summed E-state index contributed by atoms with van der Waals surface area (Å²) in [5, 5.41) is 9.50. The van der Waals surface area contributed by atoms with E-state index in [1.54, 1.807) is 4.90 Å². The Hall–Kier alpha value is -1.07. The fourth-order valence-electron chi connectivity index (χ4n) is 2.12. The van der Waals surface area contributed by atoms with Gasteiger partial charge in [-0.3, -0.25) is 4.90 Å². The normalized spacial score (nSPS) is 24.4. The molecule has 0 radical (unpaired) electrons. The molecule has 19 heavy (non-hydrogen) atoms. The van der Waals surface area contributed by atoms with Gasteiger partial charge < -0.3 is 14.7 Å². The van der Waals surface area contributed by atoms with Gasteiger partial charge in [-0.2, -0.15) is 0 Å². The van der Waals surface area contributed by atoms with E-state index in [0.717, 1.165) is 5.57 Å². The molecular formula is C14H26N2O3. The number of hydrogen-bond donors (Lipinski definition) is 1. The summed E-state index contributed by atoms with van der Waals surface area (Å²) in [5.41, 5.74) is 0.470. The lowest BCUT2D eigenvalue weighted by molar-refractivity contribution is 0.00737. The second-order valence-corrected chi connectivity index (χ2v) is 6.27. The maximum Gasteiger partial charge on any atom is 0.410 e. The van der Waals surface area contributed by atoms with Crippen LogP contribution in [0.25, 0.3) is 0 Å². The van der Waals surface area contributed by atoms with E-state index >= 15 is 0 Å². The molecule has 0 fully saturated rings. The first-order valence-electron chi connectivity index (χ1n) is 6.61. The van der Waals surface area contributed by atoms with Gasteiger partial charge in [0, 0.05) is 12.6 Å². The van der Waals surface area contributed by atoms with Crippen molar-refractivity contribution in [2.45, 2.75) is 45.4 Å². The van der Waals surface area contributed by atoms with Gasteiger partial charge in [0.05, 0.1) is 12.6 Å². The van der Waals surface area contributed by atoms with Gasteiger partial charge in [-0.05, 0) is 41.8 Å². The molecule has 1 rings (SSSR count). The molecule has 1 aliphatic rings. The van der Waals surface area contributed by atoms with Crippen molar-refractivity contribution in [3.63, 3.8) is 0 Å². The van der Waals surface area contributed by atoms with Gasteiger partial charge in [-0.1, -0.05) is 11.6 Å². The van der Waals surface area contributed by atoms with Crippen LogP contribution in [0.1, 0.15) is 27.7 Å². The standard InChI is InChI=1S/C14H26N2O3/c1-10-7-11(15(5)6)8-16(12(10)9-17)13(18)19-14(2,3)4/h7,11-12,17H,8-9H2,1-6H3/t11-,12-/m1/s1. The molecule has 1 aliphatic heterocycles. The monoisotopic (exact) mass is 270 g/mol. The van der Waals surface area contributed by atoms with Crippen LogP contribution in [0.15, 0.2) is 11.6 Å². The zero-order chi connectivity index (χ0) is 14.8. The second kappa shape index (κ2) is 5.92. The predicted molar refractivity (Wildman–Crippen MR) is 75.0 cm³/mol. The van der Waals surface area contributed by atoms with Crippen molar-refractivity contribution >= 4 is 6.09 Å². The highest BCUT2D eigenvalue weighted by atomic mass is 16.6. The first-order chi connectivity index (χ1) is 8.65. The van der Waals surface area contributed by atoms with E-state index in [0.29, 0.717) is 6.54 Å². The van der Waals surface area contributed by atoms with Crippen molar-refractivity contribution in [3.8, 4) is 0 Å². The summed E-state index contributed by atoms with van der Waals surface area (Å²) < 4.78 is 5.42. The maximum absolute atomic E-state index is 12.2. The highest BCUT2D eigenvalue weighted by molar-refractivity contribution is 5.69. The first-order valence-corrected chi connectivity index (χ1v) is 6.61. The summed E-state index contributed by atoms with van der Waals surface area (Å²) in [7, 11) is 3.95. The minimum Gasteiger partial charge on any atom is -0.444 e. The van der Waals surface area contributed by atoms with Crippen LogP contribution in [-0.4, -0.2) is 65.9 Å². The molecule has 1 amide bonds. The molecule has 2 atom stereocenters. The van der Waals surface area contributed by atoms with Crippen LogP contribution >= 0.6 is 0 Å². The lowest BCUT2D eigenvalue weighted by Gasteiger charge is -2.40. The Labute approximate surface area is 115 Å². The number of likely N-dealkylation sites (N-methyl/N-ethyl adjacent to an activating group) is 1. The van der Waals surface area contributed by atoms with E-state index in [9.17, 15) is 9.90 Å². The molecule has 0 saturated heterocycles. The molecule has 0 aromatic heterocycles. The van der Waals surface area contributed by atoms with Crippen molar-refractivity contribution in [2.75, 3.05) is 27.2 Å². The van der Waals surface area contributed by atoms with Gasteiger partial charge in [0.2, 0.25) is 0 Å². The number of amides is 1. The predicted octanol–water partition coefficient (Wildman–Crippen LogP) is 1.47. The van der Waals surface area contributed by atoms with Crippen LogP contribution in [0.2, 0.25) is 0 Å². The summed E-state index contributed by atoms with van der Waals surface area (Å²) in [5.74, 6) is 0. The fourth-order valence-corrected chi connectivity index (χ4v) is 2.12. The van der Waals surface area contributed by atoms with Crippen molar-refractivity contribution < 1.29 is 14.6 Å². The van der Waals surface area contributed by atoms with Gasteiger partial charge in [0.15, 0.2) is 0 Å². The van der Waals surface area contributed by atoms with Crippen LogP contribution < -0.4 is 0 Å². The van der Waals surface area contributed by atoms with Gasteiger partial charge >= 0.3 is 6.09 Å². The van der Waals surface area contributed by atoms with E-state index < -0.39 is 5.60 Å². The maximum atomic E-state index is 12.2. The number of aliphatic hydroxyl groups excluding tert-OH is 1. The van der Waals surface area contributed by atoms with Crippen LogP contribution in [0.3, 0.4) is 0 Å². The van der Waals surface area contributed by atoms with E-state index in [-0.39, 0.29) is 24.8 Å². The van der Waals surface area contributed by atoms with Crippen molar-refractivity contribution in [1.82, 2.24) is 9.80 Å². The second-order valence-electron chi connectivity index (χ2n) is 6.27. The molecule has 0 saturated carbocycles. The van der Waals surface area contributed by atoms with Crippen molar-refractivity contribution in [1.29, 1.82) is 0 Å². The summed E-state index contributed by atoms with van der Waals surface area (Å²) >= 11 is 0. The molecule has 0 aromatic carbocycles. The minimum absolute atomic E-state index is 0.0816. The van der Waals surface area contributed by atoms with E-state index in [1.165, 1.54) is 0 Å². The SMILES string of the molecule is CC1=C[C@@H](N(C)C)CN(C(=O)OC(C)(C)C)[C@@H]1CO. The molecule has 1 heterocycles. The molecule has 5 nitrogen and oxygen atoms in total. The third-order valence-corrected chi connectivity index (χ3v) is 3.21. The molecular weight excluding hydrogens is 244 g/mol. The molecule has 0 bridgehead atoms. The number of nitrogens with zero attached hydrogens (tertiary/aromatic N) is 2. The van der Waals surface area contributed by atoms with Crippen LogP contribution in [0.4, 0.5) is 4.79 Å². The van der Waals surface area contributed by atoms with E-state index in [1.807, 2.05) is 41.8 Å². The summed E-state index contributed by atoms with van der Waals surface area (Å²) in [4.78, 5) is 15.9. The molecule has 0 unspecified atom stereocenters. The van der Waals surface area contributed by atoms with Crippen LogP contribution in [-0.2, 0) is 4.74 Å². The largest absolute Gasteiger partial charge is 0.444 e. The number of aliphatic hydroxyl groups is 1. The minimum atomic E-state index is -0.528. The summed E-state index contributed by atoms with van der Waals surface area (Å²) in [6.45, 7) is 7.92. The Morgan fingerprint density at radius 3 is 2.53 bits per heavy atom. The van der Waals surface area contributed by atoms with E-state index in [4.69, 9.17) is 4.74 Å². The molecule has 5 heteroatoms. The highest BCUT2D eigenvalue weighted by Crippen LogP contribution is 2.22. The number of carbonyl (C=O) groups excluding carboxylic acids is 1. The lowest BCUT2D eigenvalue weighted by Crippen LogP contribution is -2.53. The Balaban J connectivity index is 2.91. The quantitative estimate of drug-likeness (QED) is 0.772. The average molecular weight is 270 g/mol. The number of rotatable bonds is 2. The van der Waals surface area contributed by atoms with Crippen molar-refractivity contribution in [2.24, 2.45) is 0 Å². The zero-order valence-corrected chi connectivity index (χ0v) is 12.8. The molecule has 0 spiro atoms. The van der Waals surface area contributed by atoms with Gasteiger partial charge in [-0.25, -0.2) is 4.79 Å². The molecule has 0 aliphatic carbocycles. The van der Waals surface area contributed by atoms with Gasteiger partial charge in [0.1, 0.15) is 5.60 Å². The Morgan fingerprint density at radius 2 is 2.11 bits per heavy atom. The number of hydrogen-bond acceptors (Lipinski definition) is 4. The Kier molecular flexibility index (Phi) is 4.98. The fraction of sp³-hybridized carbons (Fsp3) is 0.786. The van der Waals surface area contributed by atoms with Gasteiger partial charge in [-0.15, -0.1) is 0 Å². The van der Waals surface area contributed by atoms with Crippen LogP contribution in [0, 0.1) is 0 Å². The summed E-state index contributed by atoms with van der Waals surface area (Å²) in [6.07, 6.45) is 1.73. The molecule has 0 aromatic rings. The zero-order valence-electron chi connectivity index (χ0n) is 12.8. The topological polar surface area (TPSA) is 53.0 Å². The smallest absolute Gasteiger partial charge is 0.410 e. The third-order valence-electron chi connectivity index (χ3n) is 3.21. The Bertz CT molecular complexity index is 358. The number of ether oxygens (including phenoxy) is 1. The molecule has 110 valence electrons. The van der Waals surface area contributed by atoms with Gasteiger partial charge in [0.25, 0.3) is 0 Å². The molecule has 1 N–H and O–H groups in total. The highest BCUT2D eigenvalue weighted by Gasteiger charge is 2.34.